The minimum atomic E-state index is -0.387. The van der Waals surface area contributed by atoms with E-state index in [2.05, 4.69) is 12.2 Å². The van der Waals surface area contributed by atoms with Gasteiger partial charge in [-0.3, -0.25) is 10.1 Å². The molecule has 1 aromatic carbocycles. The number of aliphatic hydroxyl groups is 1. The van der Waals surface area contributed by atoms with Crippen LogP contribution in [0, 0.1) is 0 Å². The fraction of sp³-hybridized carbons (Fsp3) is 0.550. The Morgan fingerprint density at radius 2 is 1.88 bits per heavy atom. The number of carbonyl (C=O) groups is 1. The first-order valence-electron chi connectivity index (χ1n) is 8.85. The second-order valence-electron chi connectivity index (χ2n) is 6.16. The van der Waals surface area contributed by atoms with Gasteiger partial charge in [-0.05, 0) is 38.7 Å². The monoisotopic (exact) mass is 333 g/mol. The van der Waals surface area contributed by atoms with E-state index in [1.165, 1.54) is 0 Å². The summed E-state index contributed by atoms with van der Waals surface area (Å²) in [6.07, 6.45) is 6.49. The fourth-order valence-corrected chi connectivity index (χ4v) is 2.32. The Balaban J connectivity index is 2.65. The predicted octanol–water partition coefficient (Wildman–Crippen LogP) is 3.77. The first-order chi connectivity index (χ1) is 11.5. The highest BCUT2D eigenvalue weighted by molar-refractivity contribution is 5.76. The normalized spacial score (nSPS) is 15.2. The van der Waals surface area contributed by atoms with Crippen LogP contribution < -0.4 is 5.32 Å². The summed E-state index contributed by atoms with van der Waals surface area (Å²) in [6.45, 7) is 6.32. The molecule has 0 radical (unpaired) electrons. The Labute approximate surface area is 145 Å². The lowest BCUT2D eigenvalue weighted by molar-refractivity contribution is -0.146. The van der Waals surface area contributed by atoms with Gasteiger partial charge in [-0.15, -0.1) is 0 Å². The van der Waals surface area contributed by atoms with E-state index in [-0.39, 0.29) is 24.2 Å². The molecule has 1 rings (SSSR count). The van der Waals surface area contributed by atoms with Gasteiger partial charge in [0, 0.05) is 6.04 Å². The van der Waals surface area contributed by atoms with E-state index >= 15 is 0 Å². The van der Waals surface area contributed by atoms with E-state index in [9.17, 15) is 9.90 Å². The molecule has 0 aliphatic carbocycles. The summed E-state index contributed by atoms with van der Waals surface area (Å²) in [7, 11) is 0. The summed E-state index contributed by atoms with van der Waals surface area (Å²) in [6, 6.07) is 9.71. The Hall–Kier alpha value is -1.65. The number of rotatable bonds is 11. The zero-order valence-corrected chi connectivity index (χ0v) is 15.1. The highest BCUT2D eigenvalue weighted by Crippen LogP contribution is 2.14. The van der Waals surface area contributed by atoms with Crippen LogP contribution in [0.3, 0.4) is 0 Å². The van der Waals surface area contributed by atoms with Crippen molar-refractivity contribution < 1.29 is 14.6 Å². The zero-order chi connectivity index (χ0) is 17.8. The Bertz CT molecular complexity index is 485. The highest BCUT2D eigenvalue weighted by Gasteiger charge is 2.21. The van der Waals surface area contributed by atoms with E-state index in [0.717, 1.165) is 18.4 Å². The van der Waals surface area contributed by atoms with Crippen molar-refractivity contribution in [2.75, 3.05) is 6.61 Å². The molecular weight excluding hydrogens is 302 g/mol. The van der Waals surface area contributed by atoms with Gasteiger partial charge in [0.15, 0.2) is 0 Å². The van der Waals surface area contributed by atoms with E-state index in [1.807, 2.05) is 49.4 Å². The molecule has 0 saturated carbocycles. The van der Waals surface area contributed by atoms with E-state index in [1.54, 1.807) is 6.92 Å². The summed E-state index contributed by atoms with van der Waals surface area (Å²) < 4.78 is 5.37. The molecule has 0 aromatic heterocycles. The van der Waals surface area contributed by atoms with Gasteiger partial charge < -0.3 is 9.84 Å². The van der Waals surface area contributed by atoms with Crippen molar-refractivity contribution in [3.8, 4) is 0 Å². The Morgan fingerprint density at radius 1 is 1.21 bits per heavy atom. The van der Waals surface area contributed by atoms with Crippen LogP contribution in [-0.4, -0.2) is 29.8 Å². The van der Waals surface area contributed by atoms with Gasteiger partial charge in [0.2, 0.25) is 0 Å². The first kappa shape index (κ1) is 20.4. The van der Waals surface area contributed by atoms with Gasteiger partial charge in [-0.25, -0.2) is 0 Å². The standard InChI is InChI=1S/C20H31NO3/c1-4-5-15-24-20(23)19(14-10-9-11-16(2)22)21-17(3)18-12-7-6-8-13-18/h6-10,12-13,16-17,19,21-22H,4-5,11,14-15H2,1-3H3/b10-9+/t16-,17-,19+/m0/s1. The Kier molecular flexibility index (Phi) is 10.0. The van der Waals surface area contributed by atoms with Crippen LogP contribution in [0.15, 0.2) is 42.5 Å². The maximum Gasteiger partial charge on any atom is 0.323 e. The average molecular weight is 333 g/mol. The third kappa shape index (κ3) is 8.27. The van der Waals surface area contributed by atoms with Crippen LogP contribution in [0.4, 0.5) is 0 Å². The van der Waals surface area contributed by atoms with Gasteiger partial charge in [0.05, 0.1) is 12.7 Å². The minimum Gasteiger partial charge on any atom is -0.465 e. The topological polar surface area (TPSA) is 58.6 Å². The lowest BCUT2D eigenvalue weighted by Gasteiger charge is -2.21. The van der Waals surface area contributed by atoms with E-state index in [0.29, 0.717) is 19.4 Å². The van der Waals surface area contributed by atoms with Crippen molar-refractivity contribution in [2.24, 2.45) is 0 Å². The zero-order valence-electron chi connectivity index (χ0n) is 15.1. The number of unbranched alkanes of at least 4 members (excludes halogenated alkanes) is 1. The third-order valence-electron chi connectivity index (χ3n) is 3.79. The number of aliphatic hydroxyl groups excluding tert-OH is 1. The van der Waals surface area contributed by atoms with Crippen LogP contribution in [0.2, 0.25) is 0 Å². The molecule has 0 aliphatic heterocycles. The molecule has 0 bridgehead atoms. The maximum absolute atomic E-state index is 12.3. The SMILES string of the molecule is CCCCOC(=O)[C@@H](C/C=C/C[C@H](C)O)N[C@@H](C)c1ccccc1. The maximum atomic E-state index is 12.3. The van der Waals surface area contributed by atoms with E-state index < -0.39 is 0 Å². The summed E-state index contributed by atoms with van der Waals surface area (Å²) in [4.78, 5) is 12.3. The number of ether oxygens (including phenoxy) is 1. The van der Waals surface area contributed by atoms with E-state index in [4.69, 9.17) is 4.74 Å². The van der Waals surface area contributed by atoms with Crippen LogP contribution in [0.5, 0.6) is 0 Å². The van der Waals surface area contributed by atoms with Gasteiger partial charge in [0.25, 0.3) is 0 Å². The number of hydrogen-bond donors (Lipinski definition) is 2. The van der Waals surface area contributed by atoms with Crippen LogP contribution in [0.1, 0.15) is 58.1 Å². The van der Waals surface area contributed by atoms with Gasteiger partial charge >= 0.3 is 5.97 Å². The van der Waals surface area contributed by atoms with Gasteiger partial charge in [-0.2, -0.15) is 0 Å². The molecule has 0 fully saturated rings. The quantitative estimate of drug-likeness (QED) is 0.368. The lowest BCUT2D eigenvalue weighted by Crippen LogP contribution is -2.39. The summed E-state index contributed by atoms with van der Waals surface area (Å²) in [5.74, 6) is -0.215. The smallest absolute Gasteiger partial charge is 0.323 e. The van der Waals surface area contributed by atoms with Crippen molar-refractivity contribution >= 4 is 5.97 Å². The molecule has 0 heterocycles. The lowest BCUT2D eigenvalue weighted by atomic mass is 10.1. The second kappa shape index (κ2) is 11.8. The number of esters is 1. The Morgan fingerprint density at radius 3 is 2.50 bits per heavy atom. The van der Waals surface area contributed by atoms with Crippen LogP contribution in [0.25, 0.3) is 0 Å². The van der Waals surface area contributed by atoms with Crippen molar-refractivity contribution in [2.45, 2.75) is 64.6 Å². The van der Waals surface area contributed by atoms with Crippen molar-refractivity contribution in [1.82, 2.24) is 5.32 Å². The fourth-order valence-electron chi connectivity index (χ4n) is 2.32. The molecule has 0 unspecified atom stereocenters. The highest BCUT2D eigenvalue weighted by atomic mass is 16.5. The minimum absolute atomic E-state index is 0.0556. The molecule has 3 atom stereocenters. The molecule has 0 amide bonds. The van der Waals surface area contributed by atoms with Crippen molar-refractivity contribution in [3.05, 3.63) is 48.0 Å². The van der Waals surface area contributed by atoms with Gasteiger partial charge in [-0.1, -0.05) is 55.8 Å². The molecule has 4 nitrogen and oxygen atoms in total. The van der Waals surface area contributed by atoms with Crippen LogP contribution in [-0.2, 0) is 9.53 Å². The number of carbonyl (C=O) groups excluding carboxylic acids is 1. The van der Waals surface area contributed by atoms with Crippen LogP contribution >= 0.6 is 0 Å². The predicted molar refractivity (Wildman–Crippen MR) is 97.7 cm³/mol. The average Bonchev–Trinajstić information content (AvgIpc) is 2.58. The summed E-state index contributed by atoms with van der Waals surface area (Å²) >= 11 is 0. The molecule has 4 heteroatoms. The number of benzene rings is 1. The number of hydrogen-bond acceptors (Lipinski definition) is 4. The van der Waals surface area contributed by atoms with Gasteiger partial charge in [0.1, 0.15) is 6.04 Å². The second-order valence-corrected chi connectivity index (χ2v) is 6.16. The molecule has 0 aliphatic rings. The molecule has 0 spiro atoms. The first-order valence-corrected chi connectivity index (χ1v) is 8.85. The summed E-state index contributed by atoms with van der Waals surface area (Å²) in [5.41, 5.74) is 1.14. The third-order valence-corrected chi connectivity index (χ3v) is 3.79. The molecule has 1 aromatic rings. The largest absolute Gasteiger partial charge is 0.465 e. The summed E-state index contributed by atoms with van der Waals surface area (Å²) in [5, 5.41) is 12.7. The molecule has 2 N–H and O–H groups in total. The molecule has 24 heavy (non-hydrogen) atoms. The molecule has 134 valence electrons. The van der Waals surface area contributed by atoms with Crippen molar-refractivity contribution in [1.29, 1.82) is 0 Å². The molecular formula is C20H31NO3. The molecule has 0 saturated heterocycles. The number of nitrogens with one attached hydrogen (secondary N) is 1. The van der Waals surface area contributed by atoms with Crippen molar-refractivity contribution in [3.63, 3.8) is 0 Å².